The number of rotatable bonds is 6. The van der Waals surface area contributed by atoms with Crippen molar-refractivity contribution in [2.24, 2.45) is 0 Å². The van der Waals surface area contributed by atoms with Crippen LogP contribution in [0, 0.1) is 20.2 Å². The summed E-state index contributed by atoms with van der Waals surface area (Å²) in [5, 5.41) is 32.2. The Kier molecular flexibility index (Phi) is 5.73. The summed E-state index contributed by atoms with van der Waals surface area (Å²) in [6.07, 6.45) is 1.03. The van der Waals surface area contributed by atoms with Crippen LogP contribution in [0.1, 0.15) is 11.1 Å². The SMILES string of the molecule is O=[N+]([O-])c1cc(C=CS(=O)(=O)Cc2ccc(Br)cc2O)cc([N+](=O)[O-])c1. The molecule has 0 amide bonds. The standard InChI is InChI=1S/C15H11BrN2O7S/c16-12-2-1-11(15(19)7-12)9-26(24,25)4-3-10-5-13(17(20)21)8-14(6-10)18(22)23/h1-8,19H,9H2. The second kappa shape index (κ2) is 7.62. The number of nitro groups is 2. The number of non-ortho nitro benzene ring substituents is 2. The molecule has 0 bridgehead atoms. The topological polar surface area (TPSA) is 141 Å². The zero-order valence-corrected chi connectivity index (χ0v) is 15.3. The van der Waals surface area contributed by atoms with E-state index in [1.54, 1.807) is 6.07 Å². The molecule has 0 atom stereocenters. The van der Waals surface area contributed by atoms with Gasteiger partial charge < -0.3 is 5.11 Å². The Morgan fingerprint density at radius 1 is 1.04 bits per heavy atom. The zero-order valence-electron chi connectivity index (χ0n) is 12.9. The van der Waals surface area contributed by atoms with Crippen LogP contribution < -0.4 is 0 Å². The Morgan fingerprint density at radius 2 is 1.62 bits per heavy atom. The molecule has 0 heterocycles. The summed E-state index contributed by atoms with van der Waals surface area (Å²) < 4.78 is 24.9. The number of phenols is 1. The number of benzene rings is 2. The third kappa shape index (κ3) is 5.10. The fourth-order valence-electron chi connectivity index (χ4n) is 2.03. The Labute approximate surface area is 155 Å². The minimum Gasteiger partial charge on any atom is -0.508 e. The lowest BCUT2D eigenvalue weighted by atomic mass is 10.2. The Balaban J connectivity index is 2.32. The van der Waals surface area contributed by atoms with Crippen molar-refractivity contribution in [1.82, 2.24) is 0 Å². The minimum absolute atomic E-state index is 0.00509. The predicted octanol–water partition coefficient (Wildman–Crippen LogP) is 3.56. The first-order chi connectivity index (χ1) is 12.1. The van der Waals surface area contributed by atoms with Gasteiger partial charge >= 0.3 is 0 Å². The summed E-state index contributed by atoms with van der Waals surface area (Å²) in [5.41, 5.74) is -0.888. The number of halogens is 1. The third-order valence-electron chi connectivity index (χ3n) is 3.22. The molecule has 26 heavy (non-hydrogen) atoms. The van der Waals surface area contributed by atoms with E-state index in [-0.39, 0.29) is 16.9 Å². The fraction of sp³-hybridized carbons (Fsp3) is 0.0667. The lowest BCUT2D eigenvalue weighted by Crippen LogP contribution is -2.00. The van der Waals surface area contributed by atoms with Crippen LogP contribution in [-0.4, -0.2) is 23.4 Å². The Morgan fingerprint density at radius 3 is 2.12 bits per heavy atom. The quantitative estimate of drug-likeness (QED) is 0.532. The molecule has 2 aromatic carbocycles. The van der Waals surface area contributed by atoms with Gasteiger partial charge in [-0.1, -0.05) is 22.0 Å². The van der Waals surface area contributed by atoms with Gasteiger partial charge in [-0.2, -0.15) is 0 Å². The van der Waals surface area contributed by atoms with Crippen molar-refractivity contribution >= 4 is 43.2 Å². The largest absolute Gasteiger partial charge is 0.508 e. The second-order valence-corrected chi connectivity index (χ2v) is 7.98. The molecule has 0 radical (unpaired) electrons. The van der Waals surface area contributed by atoms with Crippen LogP contribution in [0.4, 0.5) is 11.4 Å². The van der Waals surface area contributed by atoms with Gasteiger partial charge in [0, 0.05) is 27.6 Å². The number of aromatic hydroxyl groups is 1. The summed E-state index contributed by atoms with van der Waals surface area (Å²) in [6, 6.07) is 7.18. The van der Waals surface area contributed by atoms with Crippen molar-refractivity contribution < 1.29 is 23.4 Å². The number of hydrogen-bond donors (Lipinski definition) is 1. The molecule has 9 nitrogen and oxygen atoms in total. The van der Waals surface area contributed by atoms with Gasteiger partial charge in [-0.25, -0.2) is 8.42 Å². The van der Waals surface area contributed by atoms with Gasteiger partial charge in [0.1, 0.15) is 5.75 Å². The van der Waals surface area contributed by atoms with Crippen molar-refractivity contribution in [1.29, 1.82) is 0 Å². The zero-order chi connectivity index (χ0) is 19.5. The monoisotopic (exact) mass is 442 g/mol. The van der Waals surface area contributed by atoms with E-state index in [1.165, 1.54) is 12.1 Å². The number of hydrogen-bond acceptors (Lipinski definition) is 7. The molecule has 136 valence electrons. The maximum absolute atomic E-state index is 12.2. The van der Waals surface area contributed by atoms with Gasteiger partial charge in [-0.05, 0) is 23.8 Å². The molecule has 0 saturated carbocycles. The van der Waals surface area contributed by atoms with Crippen molar-refractivity contribution in [3.63, 3.8) is 0 Å². The summed E-state index contributed by atoms with van der Waals surface area (Å²) in [5.74, 6) is -0.707. The van der Waals surface area contributed by atoms with Crippen molar-refractivity contribution in [3.8, 4) is 5.75 Å². The molecular formula is C15H11BrN2O7S. The first-order valence-electron chi connectivity index (χ1n) is 6.89. The summed E-state index contributed by atoms with van der Waals surface area (Å²) in [6.45, 7) is 0. The van der Waals surface area contributed by atoms with Gasteiger partial charge in [-0.15, -0.1) is 0 Å². The molecule has 0 fully saturated rings. The van der Waals surface area contributed by atoms with Gasteiger partial charge in [0.25, 0.3) is 11.4 Å². The summed E-state index contributed by atoms with van der Waals surface area (Å²) in [4.78, 5) is 20.1. The first-order valence-corrected chi connectivity index (χ1v) is 9.40. The molecule has 11 heteroatoms. The van der Waals surface area contributed by atoms with Gasteiger partial charge in [0.15, 0.2) is 9.84 Å². The van der Waals surface area contributed by atoms with Crippen LogP contribution in [0.15, 0.2) is 46.3 Å². The van der Waals surface area contributed by atoms with Gasteiger partial charge in [-0.3, -0.25) is 20.2 Å². The van der Waals surface area contributed by atoms with Crippen LogP contribution in [0.5, 0.6) is 5.75 Å². The number of nitrogens with zero attached hydrogens (tertiary/aromatic N) is 2. The molecule has 0 spiro atoms. The van der Waals surface area contributed by atoms with Crippen molar-refractivity contribution in [2.45, 2.75) is 5.75 Å². The molecule has 0 aliphatic carbocycles. The van der Waals surface area contributed by atoms with E-state index in [2.05, 4.69) is 15.9 Å². The molecule has 0 aliphatic rings. The number of phenolic OH excluding ortho intramolecular Hbond substituents is 1. The molecule has 2 rings (SSSR count). The Hall–Kier alpha value is -2.79. The predicted molar refractivity (Wildman–Crippen MR) is 97.2 cm³/mol. The fourth-order valence-corrected chi connectivity index (χ4v) is 3.52. The van der Waals surface area contributed by atoms with E-state index < -0.39 is 36.8 Å². The average molecular weight is 443 g/mol. The van der Waals surface area contributed by atoms with Crippen molar-refractivity contribution in [3.05, 3.63) is 77.6 Å². The molecule has 0 aliphatic heterocycles. The van der Waals surface area contributed by atoms with Crippen LogP contribution in [0.3, 0.4) is 0 Å². The molecule has 0 aromatic heterocycles. The normalized spacial score (nSPS) is 11.6. The number of nitro benzene ring substituents is 2. The third-order valence-corrected chi connectivity index (χ3v) is 4.98. The van der Waals surface area contributed by atoms with E-state index in [1.807, 2.05) is 0 Å². The maximum Gasteiger partial charge on any atom is 0.276 e. The van der Waals surface area contributed by atoms with E-state index in [0.29, 0.717) is 4.47 Å². The second-order valence-electron chi connectivity index (χ2n) is 5.18. The van der Waals surface area contributed by atoms with E-state index in [9.17, 15) is 33.8 Å². The molecule has 2 aromatic rings. The molecular weight excluding hydrogens is 432 g/mol. The maximum atomic E-state index is 12.2. The first kappa shape index (κ1) is 19.5. The highest BCUT2D eigenvalue weighted by molar-refractivity contribution is 9.10. The van der Waals surface area contributed by atoms with Gasteiger partial charge in [0.2, 0.25) is 0 Å². The highest BCUT2D eigenvalue weighted by Gasteiger charge is 2.16. The van der Waals surface area contributed by atoms with Crippen LogP contribution in [-0.2, 0) is 15.6 Å². The van der Waals surface area contributed by atoms with E-state index in [0.717, 1.165) is 29.7 Å². The minimum atomic E-state index is -3.83. The lowest BCUT2D eigenvalue weighted by molar-refractivity contribution is -0.394. The Bertz CT molecular complexity index is 986. The molecule has 1 N–H and O–H groups in total. The van der Waals surface area contributed by atoms with E-state index in [4.69, 9.17) is 0 Å². The van der Waals surface area contributed by atoms with Crippen molar-refractivity contribution in [2.75, 3.05) is 0 Å². The van der Waals surface area contributed by atoms with Crippen LogP contribution in [0.2, 0.25) is 0 Å². The molecule has 0 unspecified atom stereocenters. The summed E-state index contributed by atoms with van der Waals surface area (Å²) in [7, 11) is -3.83. The average Bonchev–Trinajstić information content (AvgIpc) is 2.55. The van der Waals surface area contributed by atoms with Gasteiger partial charge in [0.05, 0.1) is 21.7 Å². The van der Waals surface area contributed by atoms with Crippen LogP contribution in [0.25, 0.3) is 6.08 Å². The highest BCUT2D eigenvalue weighted by atomic mass is 79.9. The smallest absolute Gasteiger partial charge is 0.276 e. The highest BCUT2D eigenvalue weighted by Crippen LogP contribution is 2.26. The molecule has 0 saturated heterocycles. The lowest BCUT2D eigenvalue weighted by Gasteiger charge is -2.04. The number of sulfone groups is 1. The summed E-state index contributed by atoms with van der Waals surface area (Å²) >= 11 is 3.14. The van der Waals surface area contributed by atoms with Crippen LogP contribution >= 0.6 is 15.9 Å². The van der Waals surface area contributed by atoms with E-state index >= 15 is 0 Å².